The van der Waals surface area contributed by atoms with Crippen molar-refractivity contribution in [3.05, 3.63) is 17.8 Å². The third-order valence-electron chi connectivity index (χ3n) is 1.23. The van der Waals surface area contributed by atoms with Crippen molar-refractivity contribution in [2.75, 3.05) is 12.8 Å². The summed E-state index contributed by atoms with van der Waals surface area (Å²) in [7, 11) is 1.50. The van der Waals surface area contributed by atoms with Crippen molar-refractivity contribution in [2.24, 2.45) is 0 Å². The predicted molar refractivity (Wildman–Crippen MR) is 43.1 cm³/mol. The summed E-state index contributed by atoms with van der Waals surface area (Å²) in [5, 5.41) is 0. The van der Waals surface area contributed by atoms with Gasteiger partial charge in [0, 0.05) is 0 Å². The molecule has 0 amide bonds. The van der Waals surface area contributed by atoms with Gasteiger partial charge in [-0.2, -0.15) is 0 Å². The second kappa shape index (κ2) is 2.93. The van der Waals surface area contributed by atoms with Crippen molar-refractivity contribution in [3.8, 4) is 18.2 Å². The molecule has 0 spiro atoms. The average Bonchev–Trinajstić information content (AvgIpc) is 2.05. The number of nitrogens with zero attached hydrogens (tertiary/aromatic N) is 1. The van der Waals surface area contributed by atoms with Crippen LogP contribution in [0.15, 0.2) is 12.1 Å². The Morgan fingerprint density at radius 1 is 1.64 bits per heavy atom. The highest BCUT2D eigenvalue weighted by molar-refractivity contribution is 5.49. The number of anilines is 1. The molecule has 0 saturated carbocycles. The minimum absolute atomic E-state index is 0.375. The van der Waals surface area contributed by atoms with Crippen LogP contribution in [0.25, 0.3) is 0 Å². The first-order valence-electron chi connectivity index (χ1n) is 3.05. The smallest absolute Gasteiger partial charge is 0.238 e. The first kappa shape index (κ1) is 7.42. The summed E-state index contributed by atoms with van der Waals surface area (Å²) < 4.78 is 4.86. The molecular formula is C8H8N2O. The van der Waals surface area contributed by atoms with E-state index in [9.17, 15) is 0 Å². The zero-order valence-electron chi connectivity index (χ0n) is 6.16. The highest BCUT2D eigenvalue weighted by Gasteiger charge is 1.99. The molecule has 0 aliphatic heterocycles. The summed E-state index contributed by atoms with van der Waals surface area (Å²) in [4.78, 5) is 3.93. The van der Waals surface area contributed by atoms with Crippen molar-refractivity contribution in [3.63, 3.8) is 0 Å². The van der Waals surface area contributed by atoms with Gasteiger partial charge in [0.15, 0.2) is 0 Å². The van der Waals surface area contributed by atoms with Gasteiger partial charge in [-0.3, -0.25) is 0 Å². The number of hydrogen-bond acceptors (Lipinski definition) is 3. The maximum absolute atomic E-state index is 5.50. The molecule has 0 atom stereocenters. The molecule has 0 aliphatic carbocycles. The molecule has 1 heterocycles. The molecule has 3 nitrogen and oxygen atoms in total. The van der Waals surface area contributed by atoms with Gasteiger partial charge in [0.1, 0.15) is 5.69 Å². The maximum Gasteiger partial charge on any atom is 0.238 e. The molecule has 56 valence electrons. The van der Waals surface area contributed by atoms with Crippen LogP contribution in [0, 0.1) is 12.3 Å². The minimum atomic E-state index is 0.375. The Morgan fingerprint density at radius 3 is 2.91 bits per heavy atom. The standard InChI is InChI=1S/C8H8N2O/c1-3-6-4-5-7(9)8(10-6)11-2/h1,4-5H,9H2,2H3. The molecule has 0 bridgehead atoms. The van der Waals surface area contributed by atoms with Gasteiger partial charge in [0.25, 0.3) is 0 Å². The number of aromatic nitrogens is 1. The van der Waals surface area contributed by atoms with Crippen LogP contribution >= 0.6 is 0 Å². The van der Waals surface area contributed by atoms with Crippen LogP contribution < -0.4 is 10.5 Å². The highest BCUT2D eigenvalue weighted by Crippen LogP contribution is 2.16. The molecule has 0 unspecified atom stereocenters. The molecule has 3 heteroatoms. The van der Waals surface area contributed by atoms with Crippen molar-refractivity contribution >= 4 is 5.69 Å². The number of rotatable bonds is 1. The lowest BCUT2D eigenvalue weighted by Crippen LogP contribution is -1.96. The number of hydrogen-bond donors (Lipinski definition) is 1. The van der Waals surface area contributed by atoms with E-state index in [2.05, 4.69) is 10.9 Å². The topological polar surface area (TPSA) is 48.1 Å². The van der Waals surface area contributed by atoms with E-state index in [-0.39, 0.29) is 0 Å². The number of ether oxygens (including phenoxy) is 1. The average molecular weight is 148 g/mol. The van der Waals surface area contributed by atoms with Crippen molar-refractivity contribution < 1.29 is 4.74 Å². The van der Waals surface area contributed by atoms with Gasteiger partial charge in [-0.05, 0) is 12.1 Å². The summed E-state index contributed by atoms with van der Waals surface area (Å²) in [6.45, 7) is 0. The van der Waals surface area contributed by atoms with Crippen LogP contribution in [0.3, 0.4) is 0 Å². The number of pyridine rings is 1. The van der Waals surface area contributed by atoms with Crippen LogP contribution in [-0.2, 0) is 0 Å². The summed E-state index contributed by atoms with van der Waals surface area (Å²) in [6, 6.07) is 3.33. The monoisotopic (exact) mass is 148 g/mol. The van der Waals surface area contributed by atoms with Crippen LogP contribution in [0.5, 0.6) is 5.88 Å². The van der Waals surface area contributed by atoms with E-state index in [0.717, 1.165) is 0 Å². The van der Waals surface area contributed by atoms with E-state index < -0.39 is 0 Å². The number of terminal acetylenes is 1. The van der Waals surface area contributed by atoms with E-state index in [1.807, 2.05) is 0 Å². The Morgan fingerprint density at radius 2 is 2.36 bits per heavy atom. The molecule has 0 aliphatic rings. The molecule has 1 aromatic heterocycles. The quantitative estimate of drug-likeness (QED) is 0.595. The molecule has 1 rings (SSSR count). The first-order chi connectivity index (χ1) is 5.27. The molecule has 0 fully saturated rings. The van der Waals surface area contributed by atoms with Gasteiger partial charge in [0.05, 0.1) is 12.8 Å². The van der Waals surface area contributed by atoms with Gasteiger partial charge >= 0.3 is 0 Å². The van der Waals surface area contributed by atoms with Gasteiger partial charge in [-0.25, -0.2) is 4.98 Å². The van der Waals surface area contributed by atoms with Crippen molar-refractivity contribution in [1.82, 2.24) is 4.98 Å². The van der Waals surface area contributed by atoms with E-state index in [1.165, 1.54) is 7.11 Å². The SMILES string of the molecule is C#Cc1ccc(N)c(OC)n1. The molecule has 0 aromatic carbocycles. The molecular weight excluding hydrogens is 140 g/mol. The fraction of sp³-hybridized carbons (Fsp3) is 0.125. The Hall–Kier alpha value is -1.69. The normalized spacial score (nSPS) is 8.73. The second-order valence-electron chi connectivity index (χ2n) is 1.94. The Labute approximate surface area is 65.2 Å². The summed E-state index contributed by atoms with van der Waals surface area (Å²) in [5.74, 6) is 2.76. The lowest BCUT2D eigenvalue weighted by atomic mass is 10.3. The molecule has 0 saturated heterocycles. The molecule has 11 heavy (non-hydrogen) atoms. The highest BCUT2D eigenvalue weighted by atomic mass is 16.5. The van der Waals surface area contributed by atoms with Gasteiger partial charge in [0.2, 0.25) is 5.88 Å². The van der Waals surface area contributed by atoms with Crippen LogP contribution in [0.4, 0.5) is 5.69 Å². The van der Waals surface area contributed by atoms with E-state index >= 15 is 0 Å². The molecule has 1 aromatic rings. The fourth-order valence-electron chi connectivity index (χ4n) is 0.695. The Bertz CT molecular complexity index is 301. The summed E-state index contributed by atoms with van der Waals surface area (Å²) in [6.07, 6.45) is 5.11. The third-order valence-corrected chi connectivity index (χ3v) is 1.23. The van der Waals surface area contributed by atoms with E-state index in [1.54, 1.807) is 12.1 Å². The van der Waals surface area contributed by atoms with Crippen LogP contribution in [0.1, 0.15) is 5.69 Å². The second-order valence-corrected chi connectivity index (χ2v) is 1.94. The Kier molecular flexibility index (Phi) is 1.98. The number of nitrogens with two attached hydrogens (primary N) is 1. The number of nitrogen functional groups attached to an aromatic ring is 1. The minimum Gasteiger partial charge on any atom is -0.479 e. The predicted octanol–water partition coefficient (Wildman–Crippen LogP) is 0.654. The van der Waals surface area contributed by atoms with E-state index in [4.69, 9.17) is 16.9 Å². The van der Waals surface area contributed by atoms with Gasteiger partial charge < -0.3 is 10.5 Å². The zero-order valence-corrected chi connectivity index (χ0v) is 6.16. The maximum atomic E-state index is 5.50. The fourth-order valence-corrected chi connectivity index (χ4v) is 0.695. The Balaban J connectivity index is 3.15. The van der Waals surface area contributed by atoms with Crippen molar-refractivity contribution in [1.29, 1.82) is 0 Å². The van der Waals surface area contributed by atoms with Crippen molar-refractivity contribution in [2.45, 2.75) is 0 Å². The van der Waals surface area contributed by atoms with Gasteiger partial charge in [-0.1, -0.05) is 5.92 Å². The largest absolute Gasteiger partial charge is 0.479 e. The van der Waals surface area contributed by atoms with Crippen LogP contribution in [-0.4, -0.2) is 12.1 Å². The van der Waals surface area contributed by atoms with Gasteiger partial charge in [-0.15, -0.1) is 6.42 Å². The lowest BCUT2D eigenvalue weighted by molar-refractivity contribution is 0.400. The summed E-state index contributed by atoms with van der Waals surface area (Å²) >= 11 is 0. The number of methoxy groups -OCH3 is 1. The zero-order chi connectivity index (χ0) is 8.27. The third kappa shape index (κ3) is 1.41. The first-order valence-corrected chi connectivity index (χ1v) is 3.05. The summed E-state index contributed by atoms with van der Waals surface area (Å²) in [5.41, 5.74) is 6.51. The molecule has 2 N–H and O–H groups in total. The lowest BCUT2D eigenvalue weighted by Gasteiger charge is -2.01. The molecule has 0 radical (unpaired) electrons. The van der Waals surface area contributed by atoms with E-state index in [0.29, 0.717) is 17.3 Å². The van der Waals surface area contributed by atoms with Crippen LogP contribution in [0.2, 0.25) is 0 Å².